The minimum Gasteiger partial charge on any atom is -0.342 e. The highest BCUT2D eigenvalue weighted by atomic mass is 19.4. The van der Waals surface area contributed by atoms with Crippen molar-refractivity contribution in [3.05, 3.63) is 29.1 Å². The van der Waals surface area contributed by atoms with E-state index in [2.05, 4.69) is 9.97 Å². The Hall–Kier alpha value is -1.52. The average Bonchev–Trinajstić information content (AvgIpc) is 2.57. The number of halogens is 3. The van der Waals surface area contributed by atoms with Gasteiger partial charge in [0.2, 0.25) is 0 Å². The summed E-state index contributed by atoms with van der Waals surface area (Å²) >= 11 is 0. The quantitative estimate of drug-likeness (QED) is 0.851. The van der Waals surface area contributed by atoms with Gasteiger partial charge in [-0.3, -0.25) is 0 Å². The maximum Gasteiger partial charge on any atom is 0.418 e. The molecule has 1 aromatic carbocycles. The number of fused-ring (bicyclic) bond motifs is 1. The molecule has 2 aromatic rings. The van der Waals surface area contributed by atoms with Crippen LogP contribution in [0.25, 0.3) is 11.0 Å². The summed E-state index contributed by atoms with van der Waals surface area (Å²) in [5.41, 5.74) is 0.398. The van der Waals surface area contributed by atoms with Crippen molar-refractivity contribution in [1.82, 2.24) is 9.97 Å². The van der Waals surface area contributed by atoms with E-state index in [1.165, 1.54) is 0 Å². The summed E-state index contributed by atoms with van der Waals surface area (Å²) in [6.45, 7) is 3.61. The molecular formula is C12H13F3N2. The minimum absolute atomic E-state index is 0.0200. The number of benzene rings is 1. The average molecular weight is 242 g/mol. The second-order valence-corrected chi connectivity index (χ2v) is 4.14. The molecule has 0 spiro atoms. The predicted molar refractivity (Wildman–Crippen MR) is 59.8 cm³/mol. The van der Waals surface area contributed by atoms with Crippen LogP contribution in [0.3, 0.4) is 0 Å². The van der Waals surface area contributed by atoms with E-state index < -0.39 is 11.7 Å². The summed E-state index contributed by atoms with van der Waals surface area (Å²) < 4.78 is 38.5. The number of nitrogens with zero attached hydrogens (tertiary/aromatic N) is 1. The molecule has 1 aromatic heterocycles. The van der Waals surface area contributed by atoms with Gasteiger partial charge in [0.1, 0.15) is 11.3 Å². The molecule has 0 radical (unpaired) electrons. The topological polar surface area (TPSA) is 28.7 Å². The molecule has 1 N–H and O–H groups in total. The van der Waals surface area contributed by atoms with Gasteiger partial charge in [0.25, 0.3) is 0 Å². The molecular weight excluding hydrogens is 229 g/mol. The molecule has 0 unspecified atom stereocenters. The van der Waals surface area contributed by atoms with E-state index in [9.17, 15) is 13.2 Å². The third kappa shape index (κ3) is 2.28. The van der Waals surface area contributed by atoms with Crippen molar-refractivity contribution in [3.8, 4) is 0 Å². The van der Waals surface area contributed by atoms with Crippen LogP contribution in [0.5, 0.6) is 0 Å². The van der Waals surface area contributed by atoms with E-state index >= 15 is 0 Å². The highest BCUT2D eigenvalue weighted by molar-refractivity contribution is 5.80. The molecule has 0 aliphatic rings. The third-order valence-corrected chi connectivity index (χ3v) is 2.57. The lowest BCUT2D eigenvalue weighted by molar-refractivity contribution is -0.136. The van der Waals surface area contributed by atoms with Gasteiger partial charge in [0, 0.05) is 6.42 Å². The van der Waals surface area contributed by atoms with Crippen LogP contribution >= 0.6 is 0 Å². The third-order valence-electron chi connectivity index (χ3n) is 2.57. The lowest BCUT2D eigenvalue weighted by Crippen LogP contribution is -2.06. The van der Waals surface area contributed by atoms with Gasteiger partial charge in [0.15, 0.2) is 0 Å². The Morgan fingerprint density at radius 2 is 2.00 bits per heavy atom. The van der Waals surface area contributed by atoms with Crippen LogP contribution < -0.4 is 0 Å². The molecule has 2 nitrogen and oxygen atoms in total. The van der Waals surface area contributed by atoms with Crippen molar-refractivity contribution in [2.45, 2.75) is 32.9 Å². The standard InChI is InChI=1S/C12H13F3N2/c1-3-4-10-16-9-6-7(2)5-8(11(9)17-10)12(13,14)15/h5-6H,3-4H2,1-2H3,(H,16,17). The van der Waals surface area contributed by atoms with Crippen LogP contribution in [0.15, 0.2) is 12.1 Å². The zero-order valence-electron chi connectivity index (χ0n) is 9.65. The van der Waals surface area contributed by atoms with Crippen molar-refractivity contribution in [1.29, 1.82) is 0 Å². The molecule has 0 atom stereocenters. The largest absolute Gasteiger partial charge is 0.418 e. The first-order valence-electron chi connectivity index (χ1n) is 5.48. The maximum absolute atomic E-state index is 12.8. The van der Waals surface area contributed by atoms with Crippen molar-refractivity contribution >= 4 is 11.0 Å². The Balaban J connectivity index is 2.66. The van der Waals surface area contributed by atoms with E-state index in [1.54, 1.807) is 13.0 Å². The Morgan fingerprint density at radius 1 is 1.29 bits per heavy atom. The number of hydrogen-bond donors (Lipinski definition) is 1. The number of aromatic nitrogens is 2. The normalized spacial score (nSPS) is 12.3. The van der Waals surface area contributed by atoms with Crippen molar-refractivity contribution in [2.24, 2.45) is 0 Å². The van der Waals surface area contributed by atoms with Crippen LogP contribution in [-0.4, -0.2) is 9.97 Å². The number of nitrogens with one attached hydrogen (secondary N) is 1. The SMILES string of the molecule is CCCc1nc2c(C(F)(F)F)cc(C)cc2[nH]1. The molecule has 0 bridgehead atoms. The van der Waals surface area contributed by atoms with Crippen LogP contribution in [0.2, 0.25) is 0 Å². The molecule has 0 saturated carbocycles. The Morgan fingerprint density at radius 3 is 2.59 bits per heavy atom. The molecule has 92 valence electrons. The zero-order valence-corrected chi connectivity index (χ0v) is 9.65. The number of alkyl halides is 3. The summed E-state index contributed by atoms with van der Waals surface area (Å²) in [5, 5.41) is 0. The minimum atomic E-state index is -4.36. The van der Waals surface area contributed by atoms with Gasteiger partial charge < -0.3 is 4.98 Å². The zero-order chi connectivity index (χ0) is 12.6. The summed E-state index contributed by atoms with van der Waals surface area (Å²) in [7, 11) is 0. The number of rotatable bonds is 2. The fraction of sp³-hybridized carbons (Fsp3) is 0.417. The molecule has 0 aliphatic carbocycles. The van der Waals surface area contributed by atoms with E-state index in [0.717, 1.165) is 12.5 Å². The summed E-state index contributed by atoms with van der Waals surface area (Å²) in [4.78, 5) is 6.97. The van der Waals surface area contributed by atoms with Crippen LogP contribution in [0, 0.1) is 6.92 Å². The molecule has 0 fully saturated rings. The van der Waals surface area contributed by atoms with Gasteiger partial charge in [-0.2, -0.15) is 13.2 Å². The number of imidazole rings is 1. The van der Waals surface area contributed by atoms with Crippen molar-refractivity contribution < 1.29 is 13.2 Å². The summed E-state index contributed by atoms with van der Waals surface area (Å²) in [5.74, 6) is 0.610. The van der Waals surface area contributed by atoms with E-state index in [-0.39, 0.29) is 5.52 Å². The smallest absolute Gasteiger partial charge is 0.342 e. The van der Waals surface area contributed by atoms with Crippen molar-refractivity contribution in [2.75, 3.05) is 0 Å². The number of H-pyrrole nitrogens is 1. The predicted octanol–water partition coefficient (Wildman–Crippen LogP) is 3.84. The van der Waals surface area contributed by atoms with Crippen LogP contribution in [-0.2, 0) is 12.6 Å². The van der Waals surface area contributed by atoms with Crippen LogP contribution in [0.4, 0.5) is 13.2 Å². The first kappa shape index (κ1) is 12.0. The summed E-state index contributed by atoms with van der Waals surface area (Å²) in [6.07, 6.45) is -2.85. The van der Waals surface area contributed by atoms with Gasteiger partial charge in [-0.1, -0.05) is 6.92 Å². The molecule has 5 heteroatoms. The Bertz CT molecular complexity index is 540. The maximum atomic E-state index is 12.8. The summed E-state index contributed by atoms with van der Waals surface area (Å²) in [6, 6.07) is 2.83. The van der Waals surface area contributed by atoms with Crippen molar-refractivity contribution in [3.63, 3.8) is 0 Å². The van der Waals surface area contributed by atoms with Crippen LogP contribution in [0.1, 0.15) is 30.3 Å². The number of aromatic amines is 1. The Labute approximate surface area is 96.9 Å². The molecule has 0 saturated heterocycles. The van der Waals surface area contributed by atoms with Gasteiger partial charge >= 0.3 is 6.18 Å². The van der Waals surface area contributed by atoms with Gasteiger partial charge in [-0.05, 0) is 31.0 Å². The van der Waals surface area contributed by atoms with Gasteiger partial charge in [-0.15, -0.1) is 0 Å². The lowest BCUT2D eigenvalue weighted by atomic mass is 10.1. The second-order valence-electron chi connectivity index (χ2n) is 4.14. The number of aryl methyl sites for hydroxylation is 2. The first-order chi connectivity index (χ1) is 7.91. The van der Waals surface area contributed by atoms with E-state index in [0.29, 0.717) is 23.3 Å². The Kier molecular flexibility index (Phi) is 2.85. The highest BCUT2D eigenvalue weighted by Gasteiger charge is 2.34. The van der Waals surface area contributed by atoms with E-state index in [4.69, 9.17) is 0 Å². The van der Waals surface area contributed by atoms with Gasteiger partial charge in [-0.25, -0.2) is 4.98 Å². The fourth-order valence-corrected chi connectivity index (χ4v) is 1.88. The molecule has 2 rings (SSSR count). The monoisotopic (exact) mass is 242 g/mol. The molecule has 1 heterocycles. The number of hydrogen-bond acceptors (Lipinski definition) is 1. The molecule has 17 heavy (non-hydrogen) atoms. The first-order valence-corrected chi connectivity index (χ1v) is 5.48. The van der Waals surface area contributed by atoms with Gasteiger partial charge in [0.05, 0.1) is 11.1 Å². The molecule has 0 aliphatic heterocycles. The molecule has 0 amide bonds. The fourth-order valence-electron chi connectivity index (χ4n) is 1.88. The highest BCUT2D eigenvalue weighted by Crippen LogP contribution is 2.34. The lowest BCUT2D eigenvalue weighted by Gasteiger charge is -2.07. The van der Waals surface area contributed by atoms with E-state index in [1.807, 2.05) is 6.92 Å². The second kappa shape index (κ2) is 4.05.